The topological polar surface area (TPSA) is 83.7 Å². The molecule has 0 aromatic heterocycles. The van der Waals surface area contributed by atoms with Gasteiger partial charge in [-0.15, -0.1) is 0 Å². The van der Waals surface area contributed by atoms with Crippen molar-refractivity contribution in [2.24, 2.45) is 5.92 Å². The number of carbonyl (C=O) groups is 1. The Kier molecular flexibility index (Phi) is 4.90. The summed E-state index contributed by atoms with van der Waals surface area (Å²) in [5.41, 5.74) is 0.418. The highest BCUT2D eigenvalue weighted by atomic mass is 16.6. The number of rotatable bonds is 4. The number of para-hydroxylation sites is 1. The fraction of sp³-hybridized carbons (Fsp3) is 0.533. The quantitative estimate of drug-likeness (QED) is 0.677. The smallest absolute Gasteiger partial charge is 0.273 e. The number of nitro groups is 1. The van der Waals surface area contributed by atoms with Crippen molar-refractivity contribution in [2.75, 3.05) is 13.1 Å². The van der Waals surface area contributed by atoms with Gasteiger partial charge in [-0.3, -0.25) is 14.9 Å². The molecule has 1 aliphatic heterocycles. The maximum atomic E-state index is 12.3. The van der Waals surface area contributed by atoms with Crippen LogP contribution in [-0.4, -0.2) is 40.0 Å². The Hall–Kier alpha value is -1.95. The molecule has 2 unspecified atom stereocenters. The highest BCUT2D eigenvalue weighted by Crippen LogP contribution is 2.22. The predicted octanol–water partition coefficient (Wildman–Crippen LogP) is 1.76. The van der Waals surface area contributed by atoms with Gasteiger partial charge in [-0.05, 0) is 19.8 Å². The minimum absolute atomic E-state index is 0.0186. The highest BCUT2D eigenvalue weighted by Gasteiger charge is 2.27. The summed E-state index contributed by atoms with van der Waals surface area (Å²) in [6.07, 6.45) is 1.36. The molecule has 1 fully saturated rings. The minimum Gasteiger partial charge on any atom is -0.393 e. The average Bonchev–Trinajstić information content (AvgIpc) is 2.47. The van der Waals surface area contributed by atoms with Crippen LogP contribution in [0.3, 0.4) is 0 Å². The van der Waals surface area contributed by atoms with Gasteiger partial charge in [0.1, 0.15) is 0 Å². The molecule has 1 aliphatic rings. The Morgan fingerprint density at radius 2 is 2.24 bits per heavy atom. The van der Waals surface area contributed by atoms with Gasteiger partial charge in [-0.2, -0.15) is 0 Å². The first-order chi connectivity index (χ1) is 9.99. The van der Waals surface area contributed by atoms with Gasteiger partial charge >= 0.3 is 0 Å². The molecular formula is C15H20N2O4. The molecule has 1 aromatic rings. The van der Waals surface area contributed by atoms with Gasteiger partial charge in [-0.25, -0.2) is 0 Å². The number of hydrogen-bond acceptors (Lipinski definition) is 4. The molecule has 0 aliphatic carbocycles. The van der Waals surface area contributed by atoms with Crippen LogP contribution in [0.15, 0.2) is 24.3 Å². The number of piperidine rings is 1. The van der Waals surface area contributed by atoms with Crippen molar-refractivity contribution in [3.8, 4) is 0 Å². The van der Waals surface area contributed by atoms with E-state index < -0.39 is 11.0 Å². The number of nitrogens with zero attached hydrogens (tertiary/aromatic N) is 2. The zero-order chi connectivity index (χ0) is 15.4. The minimum atomic E-state index is -0.461. The monoisotopic (exact) mass is 292 g/mol. The van der Waals surface area contributed by atoms with Crippen LogP contribution in [0.4, 0.5) is 5.69 Å². The summed E-state index contributed by atoms with van der Waals surface area (Å²) in [6, 6.07) is 6.32. The van der Waals surface area contributed by atoms with Crippen LogP contribution in [0.25, 0.3) is 0 Å². The van der Waals surface area contributed by atoms with E-state index in [0.29, 0.717) is 18.7 Å². The highest BCUT2D eigenvalue weighted by molar-refractivity contribution is 5.80. The number of hydrogen-bond donors (Lipinski definition) is 1. The van der Waals surface area contributed by atoms with Gasteiger partial charge in [0.15, 0.2) is 0 Å². The number of amides is 1. The molecule has 0 saturated carbocycles. The second kappa shape index (κ2) is 6.67. The van der Waals surface area contributed by atoms with Gasteiger partial charge in [0.2, 0.25) is 5.91 Å². The van der Waals surface area contributed by atoms with E-state index in [4.69, 9.17) is 0 Å². The van der Waals surface area contributed by atoms with E-state index in [2.05, 4.69) is 0 Å². The molecular weight excluding hydrogens is 272 g/mol. The molecule has 2 rings (SSSR count). The first-order valence-electron chi connectivity index (χ1n) is 7.17. The molecule has 0 radical (unpaired) electrons. The molecule has 6 heteroatoms. The number of aliphatic hydroxyl groups excluding tert-OH is 1. The Labute approximate surface area is 123 Å². The van der Waals surface area contributed by atoms with Crippen LogP contribution in [0.5, 0.6) is 0 Å². The van der Waals surface area contributed by atoms with E-state index >= 15 is 0 Å². The van der Waals surface area contributed by atoms with E-state index in [-0.39, 0.29) is 23.9 Å². The van der Waals surface area contributed by atoms with E-state index in [9.17, 15) is 20.0 Å². The van der Waals surface area contributed by atoms with E-state index in [1.165, 1.54) is 6.07 Å². The Bertz CT molecular complexity index is 530. The summed E-state index contributed by atoms with van der Waals surface area (Å²) in [6.45, 7) is 2.92. The standard InChI is InChI=1S/C15H20N2O4/c1-11(18)13-6-4-8-16(10-13)15(19)9-12-5-2-3-7-14(12)17(20)21/h2-3,5,7,11,13,18H,4,6,8-10H2,1H3. The van der Waals surface area contributed by atoms with Gasteiger partial charge in [0.05, 0.1) is 17.4 Å². The number of benzene rings is 1. The van der Waals surface area contributed by atoms with Crippen LogP contribution in [-0.2, 0) is 11.2 Å². The van der Waals surface area contributed by atoms with Crippen LogP contribution in [0, 0.1) is 16.0 Å². The summed E-state index contributed by atoms with van der Waals surface area (Å²) >= 11 is 0. The summed E-state index contributed by atoms with van der Waals surface area (Å²) in [7, 11) is 0. The maximum absolute atomic E-state index is 12.3. The fourth-order valence-electron chi connectivity index (χ4n) is 2.74. The molecule has 1 saturated heterocycles. The van der Waals surface area contributed by atoms with Crippen LogP contribution in [0.2, 0.25) is 0 Å². The number of aliphatic hydroxyl groups is 1. The first kappa shape index (κ1) is 15.4. The Morgan fingerprint density at radius 3 is 2.90 bits per heavy atom. The average molecular weight is 292 g/mol. The van der Waals surface area contributed by atoms with Crippen molar-refractivity contribution in [1.82, 2.24) is 4.90 Å². The zero-order valence-electron chi connectivity index (χ0n) is 12.1. The second-order valence-electron chi connectivity index (χ2n) is 5.55. The lowest BCUT2D eigenvalue weighted by Crippen LogP contribution is -2.43. The van der Waals surface area contributed by atoms with Crippen molar-refractivity contribution in [1.29, 1.82) is 0 Å². The molecule has 0 spiro atoms. The summed E-state index contributed by atoms with van der Waals surface area (Å²) in [5, 5.41) is 20.6. The normalized spacial score (nSPS) is 20.1. The third kappa shape index (κ3) is 3.78. The third-order valence-electron chi connectivity index (χ3n) is 4.02. The lowest BCUT2D eigenvalue weighted by molar-refractivity contribution is -0.385. The molecule has 1 aromatic carbocycles. The number of nitro benzene ring substituents is 1. The lowest BCUT2D eigenvalue weighted by atomic mass is 9.93. The predicted molar refractivity (Wildman–Crippen MR) is 77.8 cm³/mol. The number of carbonyl (C=O) groups excluding carboxylic acids is 1. The SMILES string of the molecule is CC(O)C1CCCN(C(=O)Cc2ccccc2[N+](=O)[O-])C1. The van der Waals surface area contributed by atoms with Crippen molar-refractivity contribution >= 4 is 11.6 Å². The van der Waals surface area contributed by atoms with Gasteiger partial charge in [-0.1, -0.05) is 18.2 Å². The van der Waals surface area contributed by atoms with E-state index in [0.717, 1.165) is 12.8 Å². The zero-order valence-corrected chi connectivity index (χ0v) is 12.1. The molecule has 1 amide bonds. The molecule has 1 heterocycles. The van der Waals surface area contributed by atoms with Gasteiger partial charge < -0.3 is 10.0 Å². The van der Waals surface area contributed by atoms with Crippen molar-refractivity contribution < 1.29 is 14.8 Å². The van der Waals surface area contributed by atoms with Gasteiger partial charge in [0, 0.05) is 30.6 Å². The van der Waals surface area contributed by atoms with Crippen LogP contribution >= 0.6 is 0 Å². The Morgan fingerprint density at radius 1 is 1.52 bits per heavy atom. The largest absolute Gasteiger partial charge is 0.393 e. The molecule has 6 nitrogen and oxygen atoms in total. The summed E-state index contributed by atoms with van der Waals surface area (Å²) in [5.74, 6) is -0.0249. The lowest BCUT2D eigenvalue weighted by Gasteiger charge is -2.34. The molecule has 21 heavy (non-hydrogen) atoms. The van der Waals surface area contributed by atoms with Crippen molar-refractivity contribution in [3.63, 3.8) is 0 Å². The molecule has 2 atom stereocenters. The van der Waals surface area contributed by atoms with E-state index in [1.807, 2.05) is 0 Å². The Balaban J connectivity index is 2.06. The number of likely N-dealkylation sites (tertiary alicyclic amines) is 1. The van der Waals surface area contributed by atoms with Gasteiger partial charge in [0.25, 0.3) is 5.69 Å². The van der Waals surface area contributed by atoms with Crippen molar-refractivity contribution in [3.05, 3.63) is 39.9 Å². The third-order valence-corrected chi connectivity index (χ3v) is 4.02. The summed E-state index contributed by atoms with van der Waals surface area (Å²) in [4.78, 5) is 24.5. The van der Waals surface area contributed by atoms with E-state index in [1.54, 1.807) is 30.0 Å². The molecule has 0 bridgehead atoms. The van der Waals surface area contributed by atoms with Crippen LogP contribution < -0.4 is 0 Å². The fourth-order valence-corrected chi connectivity index (χ4v) is 2.74. The van der Waals surface area contributed by atoms with Crippen LogP contribution in [0.1, 0.15) is 25.3 Å². The summed E-state index contributed by atoms with van der Waals surface area (Å²) < 4.78 is 0. The van der Waals surface area contributed by atoms with Crippen molar-refractivity contribution in [2.45, 2.75) is 32.3 Å². The first-order valence-corrected chi connectivity index (χ1v) is 7.17. The second-order valence-corrected chi connectivity index (χ2v) is 5.55. The molecule has 1 N–H and O–H groups in total. The maximum Gasteiger partial charge on any atom is 0.273 e. The molecule has 114 valence electrons.